The van der Waals surface area contributed by atoms with Crippen molar-refractivity contribution in [1.82, 2.24) is 10.6 Å². The highest BCUT2D eigenvalue weighted by molar-refractivity contribution is 5.94. The first kappa shape index (κ1) is 15.1. The number of benzene rings is 1. The van der Waals surface area contributed by atoms with Crippen molar-refractivity contribution in [3.63, 3.8) is 0 Å². The third-order valence-electron chi connectivity index (χ3n) is 2.50. The molecule has 0 aromatic heterocycles. The molecule has 0 bridgehead atoms. The van der Waals surface area contributed by atoms with Gasteiger partial charge in [-0.15, -0.1) is 0 Å². The lowest BCUT2D eigenvalue weighted by Crippen LogP contribution is -2.40. The molecule has 0 atom stereocenters. The Morgan fingerprint density at radius 2 is 1.68 bits per heavy atom. The molecule has 19 heavy (non-hydrogen) atoms. The number of rotatable bonds is 4. The van der Waals surface area contributed by atoms with Gasteiger partial charge in [0.25, 0.3) is 5.91 Å². The molecule has 0 radical (unpaired) electrons. The highest BCUT2D eigenvalue weighted by Crippen LogP contribution is 2.11. The molecule has 5 heteroatoms. The van der Waals surface area contributed by atoms with E-state index in [0.29, 0.717) is 6.54 Å². The monoisotopic (exact) mass is 266 g/mol. The lowest BCUT2D eigenvalue weighted by molar-refractivity contribution is -0.128. The minimum absolute atomic E-state index is 0.00430. The lowest BCUT2D eigenvalue weighted by Gasteiger charge is -2.17. The predicted octanol–water partition coefficient (Wildman–Crippen LogP) is 1.72. The van der Waals surface area contributed by atoms with E-state index >= 15 is 0 Å². The van der Waals surface area contributed by atoms with Crippen LogP contribution in [-0.2, 0) is 4.79 Å². The molecule has 0 aliphatic heterocycles. The highest BCUT2D eigenvalue weighted by Gasteiger charge is 2.20. The molecule has 0 aliphatic carbocycles. The van der Waals surface area contributed by atoms with Crippen LogP contribution in [0.3, 0.4) is 0 Å². The summed E-state index contributed by atoms with van der Waals surface area (Å²) >= 11 is 0. The Labute approximate surface area is 112 Å². The molecule has 1 aromatic carbocycles. The molecule has 0 saturated carbocycles. The summed E-state index contributed by atoms with van der Waals surface area (Å²) < 4.78 is 13.3. The first-order chi connectivity index (χ1) is 8.82. The summed E-state index contributed by atoms with van der Waals surface area (Å²) in [6.07, 6.45) is 0. The van der Waals surface area contributed by atoms with E-state index in [-0.39, 0.29) is 18.0 Å². The van der Waals surface area contributed by atoms with Crippen LogP contribution in [0.2, 0.25) is 0 Å². The van der Waals surface area contributed by atoms with Crippen molar-refractivity contribution < 1.29 is 14.0 Å². The molecular formula is C14H19FN2O2. The Morgan fingerprint density at radius 1 is 1.11 bits per heavy atom. The zero-order valence-electron chi connectivity index (χ0n) is 11.4. The predicted molar refractivity (Wildman–Crippen MR) is 71.2 cm³/mol. The Hall–Kier alpha value is -1.91. The van der Waals surface area contributed by atoms with Crippen molar-refractivity contribution in [1.29, 1.82) is 0 Å². The zero-order chi connectivity index (χ0) is 14.5. The summed E-state index contributed by atoms with van der Waals surface area (Å²) in [7, 11) is 0. The number of halogens is 1. The number of carbonyl (C=O) groups excluding carboxylic acids is 2. The van der Waals surface area contributed by atoms with Gasteiger partial charge in [0.05, 0.1) is 5.56 Å². The standard InChI is InChI=1S/C14H19FN2O2/c1-14(2,3)13(19)17-9-8-16-12(18)10-6-4-5-7-11(10)15/h4-7H,8-9H2,1-3H3,(H,16,18)(H,17,19). The quantitative estimate of drug-likeness (QED) is 0.815. The second kappa shape index (κ2) is 6.31. The van der Waals surface area contributed by atoms with Crippen molar-refractivity contribution in [2.24, 2.45) is 5.41 Å². The second-order valence-corrected chi connectivity index (χ2v) is 5.24. The van der Waals surface area contributed by atoms with Crippen LogP contribution in [0.4, 0.5) is 4.39 Å². The zero-order valence-corrected chi connectivity index (χ0v) is 11.4. The maximum Gasteiger partial charge on any atom is 0.254 e. The molecule has 0 spiro atoms. The van der Waals surface area contributed by atoms with E-state index in [2.05, 4.69) is 10.6 Å². The average Bonchev–Trinajstić information content (AvgIpc) is 2.33. The minimum Gasteiger partial charge on any atom is -0.354 e. The van der Waals surface area contributed by atoms with E-state index in [1.165, 1.54) is 18.2 Å². The van der Waals surface area contributed by atoms with E-state index in [0.717, 1.165) is 0 Å². The summed E-state index contributed by atoms with van der Waals surface area (Å²) in [5.74, 6) is -1.13. The number of hydrogen-bond donors (Lipinski definition) is 2. The van der Waals surface area contributed by atoms with Gasteiger partial charge in [-0.3, -0.25) is 9.59 Å². The van der Waals surface area contributed by atoms with E-state index < -0.39 is 17.1 Å². The van der Waals surface area contributed by atoms with Crippen LogP contribution in [0.5, 0.6) is 0 Å². The topological polar surface area (TPSA) is 58.2 Å². The minimum atomic E-state index is -0.557. The molecule has 0 saturated heterocycles. The number of carbonyl (C=O) groups is 2. The van der Waals surface area contributed by atoms with Gasteiger partial charge in [0, 0.05) is 18.5 Å². The molecule has 0 heterocycles. The van der Waals surface area contributed by atoms with Crippen LogP contribution in [-0.4, -0.2) is 24.9 Å². The first-order valence-corrected chi connectivity index (χ1v) is 6.13. The van der Waals surface area contributed by atoms with Crippen LogP contribution in [0.1, 0.15) is 31.1 Å². The van der Waals surface area contributed by atoms with Crippen LogP contribution < -0.4 is 10.6 Å². The van der Waals surface area contributed by atoms with Crippen LogP contribution in [0.15, 0.2) is 24.3 Å². The van der Waals surface area contributed by atoms with Crippen molar-refractivity contribution in [3.8, 4) is 0 Å². The van der Waals surface area contributed by atoms with E-state index in [1.807, 2.05) is 0 Å². The Morgan fingerprint density at radius 3 is 2.26 bits per heavy atom. The summed E-state index contributed by atoms with van der Waals surface area (Å²) in [5.41, 5.74) is -0.458. The molecule has 2 N–H and O–H groups in total. The van der Waals surface area contributed by atoms with E-state index in [4.69, 9.17) is 0 Å². The molecule has 4 nitrogen and oxygen atoms in total. The van der Waals surface area contributed by atoms with Crippen molar-refractivity contribution in [2.75, 3.05) is 13.1 Å². The van der Waals surface area contributed by atoms with Crippen LogP contribution in [0, 0.1) is 11.2 Å². The summed E-state index contributed by atoms with van der Waals surface area (Å²) in [4.78, 5) is 23.2. The molecule has 1 rings (SSSR count). The van der Waals surface area contributed by atoms with Crippen LogP contribution in [0.25, 0.3) is 0 Å². The van der Waals surface area contributed by atoms with Crippen LogP contribution >= 0.6 is 0 Å². The van der Waals surface area contributed by atoms with Gasteiger partial charge in [0.2, 0.25) is 5.91 Å². The maximum atomic E-state index is 13.3. The third-order valence-corrected chi connectivity index (χ3v) is 2.50. The Balaban J connectivity index is 2.37. The first-order valence-electron chi connectivity index (χ1n) is 6.13. The second-order valence-electron chi connectivity index (χ2n) is 5.24. The summed E-state index contributed by atoms with van der Waals surface area (Å²) in [6, 6.07) is 5.77. The van der Waals surface area contributed by atoms with Gasteiger partial charge in [-0.05, 0) is 12.1 Å². The molecule has 2 amide bonds. The van der Waals surface area contributed by atoms with Gasteiger partial charge in [0.1, 0.15) is 5.82 Å². The number of nitrogens with one attached hydrogen (secondary N) is 2. The smallest absolute Gasteiger partial charge is 0.254 e. The highest BCUT2D eigenvalue weighted by atomic mass is 19.1. The fraction of sp³-hybridized carbons (Fsp3) is 0.429. The molecule has 104 valence electrons. The fourth-order valence-electron chi connectivity index (χ4n) is 1.36. The van der Waals surface area contributed by atoms with Gasteiger partial charge >= 0.3 is 0 Å². The average molecular weight is 266 g/mol. The van der Waals surface area contributed by atoms with Gasteiger partial charge in [-0.2, -0.15) is 0 Å². The Bertz CT molecular complexity index is 467. The Kier molecular flexibility index (Phi) is 5.03. The van der Waals surface area contributed by atoms with Gasteiger partial charge < -0.3 is 10.6 Å². The van der Waals surface area contributed by atoms with Gasteiger partial charge in [-0.1, -0.05) is 32.9 Å². The molecule has 1 aromatic rings. The SMILES string of the molecule is CC(C)(C)C(=O)NCCNC(=O)c1ccccc1F. The number of hydrogen-bond acceptors (Lipinski definition) is 2. The van der Waals surface area contributed by atoms with Crippen molar-refractivity contribution in [2.45, 2.75) is 20.8 Å². The lowest BCUT2D eigenvalue weighted by atomic mass is 9.96. The molecule has 0 fully saturated rings. The summed E-state index contributed by atoms with van der Waals surface area (Å²) in [5, 5.41) is 5.25. The number of amides is 2. The van der Waals surface area contributed by atoms with Crippen molar-refractivity contribution in [3.05, 3.63) is 35.6 Å². The fourth-order valence-corrected chi connectivity index (χ4v) is 1.36. The molecular weight excluding hydrogens is 247 g/mol. The molecule has 0 aliphatic rings. The third kappa shape index (κ3) is 4.69. The summed E-state index contributed by atoms with van der Waals surface area (Å²) in [6.45, 7) is 5.99. The van der Waals surface area contributed by atoms with Gasteiger partial charge in [-0.25, -0.2) is 4.39 Å². The van der Waals surface area contributed by atoms with E-state index in [9.17, 15) is 14.0 Å². The molecule has 0 unspecified atom stereocenters. The van der Waals surface area contributed by atoms with E-state index in [1.54, 1.807) is 26.8 Å². The van der Waals surface area contributed by atoms with Gasteiger partial charge in [0.15, 0.2) is 0 Å². The largest absolute Gasteiger partial charge is 0.354 e. The van der Waals surface area contributed by atoms with Crippen molar-refractivity contribution >= 4 is 11.8 Å². The normalized spacial score (nSPS) is 10.9. The maximum absolute atomic E-state index is 13.3.